The molecule has 0 amide bonds. The van der Waals surface area contributed by atoms with E-state index < -0.39 is 12.1 Å². The largest absolute Gasteiger partial charge is 0.391 e. The third-order valence-electron chi connectivity index (χ3n) is 2.92. The summed E-state index contributed by atoms with van der Waals surface area (Å²) >= 11 is 0. The van der Waals surface area contributed by atoms with Crippen molar-refractivity contribution in [3.05, 3.63) is 12.2 Å². The summed E-state index contributed by atoms with van der Waals surface area (Å²) in [6, 6.07) is 0. The number of likely N-dealkylation sites (N-methyl/N-ethyl adjacent to an activating group) is 1. The number of rotatable bonds is 4. The van der Waals surface area contributed by atoms with Crippen LogP contribution in [-0.4, -0.2) is 44.3 Å². The van der Waals surface area contributed by atoms with Gasteiger partial charge in [0, 0.05) is 13.1 Å². The highest BCUT2D eigenvalue weighted by molar-refractivity contribution is 5.00. The number of alkyl halides is 3. The van der Waals surface area contributed by atoms with Crippen LogP contribution < -0.4 is 5.32 Å². The van der Waals surface area contributed by atoms with E-state index in [2.05, 4.69) is 11.9 Å². The molecular weight excluding hydrogens is 217 g/mol. The molecule has 0 aromatic rings. The molecule has 1 saturated heterocycles. The molecule has 0 aromatic heterocycles. The van der Waals surface area contributed by atoms with Crippen molar-refractivity contribution >= 4 is 0 Å². The Labute approximate surface area is 94.5 Å². The average molecular weight is 236 g/mol. The molecule has 16 heavy (non-hydrogen) atoms. The van der Waals surface area contributed by atoms with Crippen LogP contribution in [0.25, 0.3) is 0 Å². The van der Waals surface area contributed by atoms with Crippen molar-refractivity contribution in [1.29, 1.82) is 0 Å². The number of nitrogens with zero attached hydrogens (tertiary/aromatic N) is 1. The van der Waals surface area contributed by atoms with Crippen LogP contribution in [0, 0.1) is 5.92 Å². The molecule has 2 nitrogen and oxygen atoms in total. The van der Waals surface area contributed by atoms with Crippen LogP contribution in [0.2, 0.25) is 0 Å². The molecule has 0 aromatic carbocycles. The molecule has 0 atom stereocenters. The number of hydrogen-bond acceptors (Lipinski definition) is 2. The fourth-order valence-electron chi connectivity index (χ4n) is 2.04. The molecule has 1 heterocycles. The Morgan fingerprint density at radius 2 is 1.94 bits per heavy atom. The van der Waals surface area contributed by atoms with Crippen molar-refractivity contribution < 1.29 is 13.2 Å². The van der Waals surface area contributed by atoms with Crippen LogP contribution >= 0.6 is 0 Å². The predicted octanol–water partition coefficient (Wildman–Crippen LogP) is 2.04. The van der Waals surface area contributed by atoms with Gasteiger partial charge in [0.15, 0.2) is 0 Å². The third kappa shape index (κ3) is 4.14. The van der Waals surface area contributed by atoms with E-state index in [0.29, 0.717) is 19.6 Å². The summed E-state index contributed by atoms with van der Waals surface area (Å²) in [7, 11) is 1.83. The highest BCUT2D eigenvalue weighted by Gasteiger charge is 2.40. The summed E-state index contributed by atoms with van der Waals surface area (Å²) in [5, 5.41) is 2.98. The van der Waals surface area contributed by atoms with E-state index in [1.807, 2.05) is 11.9 Å². The van der Waals surface area contributed by atoms with Gasteiger partial charge in [-0.05, 0) is 38.6 Å². The number of piperidine rings is 1. The first-order valence-electron chi connectivity index (χ1n) is 5.54. The highest BCUT2D eigenvalue weighted by Crippen LogP contribution is 2.34. The normalized spacial score (nSPS) is 20.0. The van der Waals surface area contributed by atoms with Crippen LogP contribution in [-0.2, 0) is 0 Å². The lowest BCUT2D eigenvalue weighted by molar-refractivity contribution is -0.184. The Bertz CT molecular complexity index is 230. The Balaban J connectivity index is 2.30. The lowest BCUT2D eigenvalue weighted by Crippen LogP contribution is -2.40. The Hall–Kier alpha value is -0.550. The highest BCUT2D eigenvalue weighted by atomic mass is 19.4. The maximum absolute atomic E-state index is 12.4. The zero-order chi connectivity index (χ0) is 12.2. The third-order valence-corrected chi connectivity index (χ3v) is 2.92. The van der Waals surface area contributed by atoms with Gasteiger partial charge in [-0.2, -0.15) is 13.2 Å². The van der Waals surface area contributed by atoms with Gasteiger partial charge < -0.3 is 5.32 Å². The second-order valence-electron chi connectivity index (χ2n) is 4.37. The molecule has 0 radical (unpaired) electrons. The minimum absolute atomic E-state index is 0.219. The first-order chi connectivity index (χ1) is 7.43. The summed E-state index contributed by atoms with van der Waals surface area (Å²) in [6.45, 7) is 6.34. The molecule has 5 heteroatoms. The Morgan fingerprint density at radius 1 is 1.38 bits per heavy atom. The monoisotopic (exact) mass is 236 g/mol. The summed E-state index contributed by atoms with van der Waals surface area (Å²) in [5.74, 6) is -1.11. The predicted molar refractivity (Wildman–Crippen MR) is 58.3 cm³/mol. The Kier molecular flexibility index (Phi) is 4.80. The SMILES string of the molecule is C=C(CNC)CN1CCC(C(F)(F)F)CC1. The van der Waals surface area contributed by atoms with Gasteiger partial charge in [0.25, 0.3) is 0 Å². The van der Waals surface area contributed by atoms with E-state index in [4.69, 9.17) is 0 Å². The minimum Gasteiger partial charge on any atom is -0.316 e. The summed E-state index contributed by atoms with van der Waals surface area (Å²) < 4.78 is 37.2. The number of likely N-dealkylation sites (tertiary alicyclic amines) is 1. The molecule has 94 valence electrons. The van der Waals surface area contributed by atoms with Gasteiger partial charge in [0.05, 0.1) is 5.92 Å². The maximum atomic E-state index is 12.4. The Morgan fingerprint density at radius 3 is 2.38 bits per heavy atom. The zero-order valence-electron chi connectivity index (χ0n) is 9.61. The van der Waals surface area contributed by atoms with E-state index >= 15 is 0 Å². The first kappa shape index (κ1) is 13.5. The lowest BCUT2D eigenvalue weighted by atomic mass is 9.96. The van der Waals surface area contributed by atoms with E-state index in [9.17, 15) is 13.2 Å². The van der Waals surface area contributed by atoms with Crippen molar-refractivity contribution in [2.24, 2.45) is 5.92 Å². The zero-order valence-corrected chi connectivity index (χ0v) is 9.61. The summed E-state index contributed by atoms with van der Waals surface area (Å²) in [4.78, 5) is 2.04. The van der Waals surface area contributed by atoms with Crippen molar-refractivity contribution in [2.75, 3.05) is 33.2 Å². The van der Waals surface area contributed by atoms with E-state index in [1.54, 1.807) is 0 Å². The molecular formula is C11H19F3N2. The fourth-order valence-corrected chi connectivity index (χ4v) is 2.04. The molecule has 1 aliphatic heterocycles. The first-order valence-corrected chi connectivity index (χ1v) is 5.54. The molecule has 0 aliphatic carbocycles. The van der Waals surface area contributed by atoms with Gasteiger partial charge in [-0.1, -0.05) is 6.58 Å². The van der Waals surface area contributed by atoms with Crippen LogP contribution in [0.1, 0.15) is 12.8 Å². The van der Waals surface area contributed by atoms with Gasteiger partial charge in [-0.3, -0.25) is 4.90 Å². The van der Waals surface area contributed by atoms with Gasteiger partial charge in [0.1, 0.15) is 0 Å². The van der Waals surface area contributed by atoms with Crippen LogP contribution in [0.3, 0.4) is 0 Å². The van der Waals surface area contributed by atoms with Crippen LogP contribution in [0.5, 0.6) is 0 Å². The van der Waals surface area contributed by atoms with Crippen LogP contribution in [0.4, 0.5) is 13.2 Å². The van der Waals surface area contributed by atoms with Crippen molar-refractivity contribution in [3.63, 3.8) is 0 Å². The number of hydrogen-bond donors (Lipinski definition) is 1. The van der Waals surface area contributed by atoms with Gasteiger partial charge in [-0.15, -0.1) is 0 Å². The van der Waals surface area contributed by atoms with Crippen LogP contribution in [0.15, 0.2) is 12.2 Å². The van der Waals surface area contributed by atoms with Gasteiger partial charge >= 0.3 is 6.18 Å². The molecule has 1 rings (SSSR count). The summed E-state index contributed by atoms with van der Waals surface area (Å²) in [5.41, 5.74) is 1.02. The van der Waals surface area contributed by atoms with Crippen molar-refractivity contribution in [3.8, 4) is 0 Å². The maximum Gasteiger partial charge on any atom is 0.391 e. The molecule has 0 spiro atoms. The molecule has 1 N–H and O–H groups in total. The lowest BCUT2D eigenvalue weighted by Gasteiger charge is -2.33. The van der Waals surface area contributed by atoms with Crippen molar-refractivity contribution in [2.45, 2.75) is 19.0 Å². The molecule has 1 aliphatic rings. The summed E-state index contributed by atoms with van der Waals surface area (Å²) in [6.07, 6.45) is -3.58. The van der Waals surface area contributed by atoms with Crippen molar-refractivity contribution in [1.82, 2.24) is 10.2 Å². The second-order valence-corrected chi connectivity index (χ2v) is 4.37. The van der Waals surface area contributed by atoms with Gasteiger partial charge in [0.2, 0.25) is 0 Å². The van der Waals surface area contributed by atoms with E-state index in [1.165, 1.54) is 0 Å². The fraction of sp³-hybridized carbons (Fsp3) is 0.818. The number of nitrogens with one attached hydrogen (secondary N) is 1. The number of halogens is 3. The average Bonchev–Trinajstić information content (AvgIpc) is 2.17. The smallest absolute Gasteiger partial charge is 0.316 e. The molecule has 0 bridgehead atoms. The van der Waals surface area contributed by atoms with E-state index in [-0.39, 0.29) is 12.8 Å². The van der Waals surface area contributed by atoms with E-state index in [0.717, 1.165) is 12.1 Å². The molecule has 0 saturated carbocycles. The second kappa shape index (κ2) is 5.68. The molecule has 0 unspecified atom stereocenters. The minimum atomic E-state index is -4.02. The van der Waals surface area contributed by atoms with Gasteiger partial charge in [-0.25, -0.2) is 0 Å². The quantitative estimate of drug-likeness (QED) is 0.751. The topological polar surface area (TPSA) is 15.3 Å². The molecule has 1 fully saturated rings. The standard InChI is InChI=1S/C11H19F3N2/c1-9(7-15-2)8-16-5-3-10(4-6-16)11(12,13)14/h10,15H,1,3-8H2,2H3.